The van der Waals surface area contributed by atoms with Gasteiger partial charge in [-0.15, -0.1) is 8.78 Å². The SMILES string of the molecule is FC1(F)Oc2ccccc2O1.c1ccc2c(c1)OCO2. The van der Waals surface area contributed by atoms with Gasteiger partial charge >= 0.3 is 6.29 Å². The molecule has 104 valence electrons. The lowest BCUT2D eigenvalue weighted by molar-refractivity contribution is -0.286. The van der Waals surface area contributed by atoms with Crippen molar-refractivity contribution in [1.82, 2.24) is 0 Å². The lowest BCUT2D eigenvalue weighted by atomic mass is 10.3. The fourth-order valence-corrected chi connectivity index (χ4v) is 1.74. The highest BCUT2D eigenvalue weighted by molar-refractivity contribution is 5.42. The highest BCUT2D eigenvalue weighted by Gasteiger charge is 2.42. The van der Waals surface area contributed by atoms with Gasteiger partial charge in [0.1, 0.15) is 0 Å². The van der Waals surface area contributed by atoms with Gasteiger partial charge in [-0.25, -0.2) is 0 Å². The van der Waals surface area contributed by atoms with E-state index in [2.05, 4.69) is 9.47 Å². The van der Waals surface area contributed by atoms with Crippen molar-refractivity contribution in [3.05, 3.63) is 48.5 Å². The molecule has 0 aliphatic carbocycles. The van der Waals surface area contributed by atoms with Crippen molar-refractivity contribution in [1.29, 1.82) is 0 Å². The van der Waals surface area contributed by atoms with Crippen LogP contribution in [0.4, 0.5) is 8.78 Å². The molecule has 4 rings (SSSR count). The minimum Gasteiger partial charge on any atom is -0.454 e. The van der Waals surface area contributed by atoms with Crippen LogP contribution in [0, 0.1) is 0 Å². The molecule has 0 fully saturated rings. The highest BCUT2D eigenvalue weighted by atomic mass is 19.3. The molecule has 0 radical (unpaired) electrons. The Bertz CT molecular complexity index is 566. The highest BCUT2D eigenvalue weighted by Crippen LogP contribution is 2.40. The fourth-order valence-electron chi connectivity index (χ4n) is 1.74. The maximum absolute atomic E-state index is 12.3. The minimum atomic E-state index is -3.50. The lowest BCUT2D eigenvalue weighted by Crippen LogP contribution is -2.25. The maximum Gasteiger partial charge on any atom is 0.586 e. The molecule has 2 aliphatic heterocycles. The zero-order valence-electron chi connectivity index (χ0n) is 10.2. The van der Waals surface area contributed by atoms with E-state index in [9.17, 15) is 8.78 Å². The van der Waals surface area contributed by atoms with Crippen molar-refractivity contribution in [2.45, 2.75) is 6.29 Å². The van der Waals surface area contributed by atoms with Gasteiger partial charge in [0.05, 0.1) is 0 Å². The Morgan fingerprint density at radius 1 is 0.700 bits per heavy atom. The Hall–Kier alpha value is -2.50. The number of alkyl halides is 2. The second-order valence-corrected chi connectivity index (χ2v) is 3.97. The summed E-state index contributed by atoms with van der Waals surface area (Å²) in [5.41, 5.74) is 0. The first-order chi connectivity index (χ1) is 9.64. The van der Waals surface area contributed by atoms with Crippen LogP contribution in [0.15, 0.2) is 48.5 Å². The molecule has 0 N–H and O–H groups in total. The molecule has 0 saturated carbocycles. The molecule has 2 aliphatic rings. The molecule has 0 spiro atoms. The van der Waals surface area contributed by atoms with E-state index in [1.54, 1.807) is 12.1 Å². The summed E-state index contributed by atoms with van der Waals surface area (Å²) in [5.74, 6) is 1.85. The van der Waals surface area contributed by atoms with Crippen LogP contribution >= 0.6 is 0 Å². The van der Waals surface area contributed by atoms with E-state index in [1.807, 2.05) is 24.3 Å². The molecular weight excluding hydrogens is 270 g/mol. The van der Waals surface area contributed by atoms with Gasteiger partial charge in [0.2, 0.25) is 6.79 Å². The molecule has 4 nitrogen and oxygen atoms in total. The molecule has 0 aromatic heterocycles. The number of hydrogen-bond donors (Lipinski definition) is 0. The first-order valence-electron chi connectivity index (χ1n) is 5.83. The second kappa shape index (κ2) is 4.88. The third-order valence-electron chi connectivity index (χ3n) is 2.58. The van der Waals surface area contributed by atoms with Crippen LogP contribution in [0.25, 0.3) is 0 Å². The molecule has 0 amide bonds. The summed E-state index contributed by atoms with van der Waals surface area (Å²) in [5, 5.41) is 0. The zero-order valence-corrected chi connectivity index (χ0v) is 10.2. The lowest BCUT2D eigenvalue weighted by Gasteiger charge is -2.04. The number of fused-ring (bicyclic) bond motifs is 2. The first kappa shape index (κ1) is 12.5. The van der Waals surface area contributed by atoms with E-state index in [1.165, 1.54) is 12.1 Å². The molecule has 20 heavy (non-hydrogen) atoms. The Morgan fingerprint density at radius 2 is 1.10 bits per heavy atom. The number of ether oxygens (including phenoxy) is 4. The van der Waals surface area contributed by atoms with Crippen LogP contribution in [-0.4, -0.2) is 13.1 Å². The van der Waals surface area contributed by atoms with Gasteiger partial charge in [0, 0.05) is 0 Å². The second-order valence-electron chi connectivity index (χ2n) is 3.97. The van der Waals surface area contributed by atoms with E-state index in [-0.39, 0.29) is 11.5 Å². The van der Waals surface area contributed by atoms with Crippen LogP contribution in [-0.2, 0) is 0 Å². The molecule has 0 atom stereocenters. The molecule has 2 heterocycles. The van der Waals surface area contributed by atoms with Crippen molar-refractivity contribution in [2.75, 3.05) is 6.79 Å². The maximum atomic E-state index is 12.3. The van der Waals surface area contributed by atoms with E-state index >= 15 is 0 Å². The van der Waals surface area contributed by atoms with Gasteiger partial charge in [-0.3, -0.25) is 0 Å². The van der Waals surface area contributed by atoms with E-state index < -0.39 is 6.29 Å². The molecule has 2 aromatic carbocycles. The van der Waals surface area contributed by atoms with Crippen LogP contribution in [0.3, 0.4) is 0 Å². The van der Waals surface area contributed by atoms with Gasteiger partial charge in [-0.05, 0) is 24.3 Å². The number of hydrogen-bond acceptors (Lipinski definition) is 4. The summed E-state index contributed by atoms with van der Waals surface area (Å²) < 4.78 is 43.0. The summed E-state index contributed by atoms with van der Waals surface area (Å²) in [4.78, 5) is 0. The average molecular weight is 280 g/mol. The topological polar surface area (TPSA) is 36.9 Å². The normalized spacial score (nSPS) is 16.3. The predicted octanol–water partition coefficient (Wildman–Crippen LogP) is 3.42. The van der Waals surface area contributed by atoms with Gasteiger partial charge in [-0.2, -0.15) is 0 Å². The molecule has 0 unspecified atom stereocenters. The monoisotopic (exact) mass is 280 g/mol. The Balaban J connectivity index is 0.000000123. The zero-order chi connectivity index (χ0) is 14.0. The van der Waals surface area contributed by atoms with Crippen molar-refractivity contribution in [2.24, 2.45) is 0 Å². The summed E-state index contributed by atoms with van der Waals surface area (Å²) >= 11 is 0. The van der Waals surface area contributed by atoms with Gasteiger partial charge in [0.15, 0.2) is 23.0 Å². The van der Waals surface area contributed by atoms with E-state index in [0.29, 0.717) is 6.79 Å². The number of para-hydroxylation sites is 4. The van der Waals surface area contributed by atoms with Crippen LogP contribution in [0.1, 0.15) is 0 Å². The minimum absolute atomic E-state index is 0.0810. The Kier molecular flexibility index (Phi) is 3.06. The quantitative estimate of drug-likeness (QED) is 0.741. The van der Waals surface area contributed by atoms with Gasteiger partial charge in [0.25, 0.3) is 0 Å². The first-order valence-corrected chi connectivity index (χ1v) is 5.83. The summed E-state index contributed by atoms with van der Waals surface area (Å²) in [6.07, 6.45) is -3.50. The third kappa shape index (κ3) is 2.59. The number of rotatable bonds is 0. The Labute approximate surface area is 113 Å². The summed E-state index contributed by atoms with van der Waals surface area (Å²) in [7, 11) is 0. The van der Waals surface area contributed by atoms with Crippen molar-refractivity contribution in [3.8, 4) is 23.0 Å². The largest absolute Gasteiger partial charge is 0.586 e. The Morgan fingerprint density at radius 3 is 1.55 bits per heavy atom. The standard InChI is InChI=1S/C7H4F2O2.C7H6O2/c8-7(9)10-5-3-1-2-4-6(5)11-7;1-2-4-7-6(3-1)8-5-9-7/h1-4H;1-4H,5H2. The smallest absolute Gasteiger partial charge is 0.454 e. The van der Waals surface area contributed by atoms with Gasteiger partial charge in [-0.1, -0.05) is 24.3 Å². The van der Waals surface area contributed by atoms with Crippen LogP contribution in [0.2, 0.25) is 0 Å². The summed E-state index contributed by atoms with van der Waals surface area (Å²) in [6.45, 7) is 0.360. The van der Waals surface area contributed by atoms with E-state index in [4.69, 9.17) is 9.47 Å². The van der Waals surface area contributed by atoms with Crippen LogP contribution in [0.5, 0.6) is 23.0 Å². The summed E-state index contributed by atoms with van der Waals surface area (Å²) in [6, 6.07) is 13.7. The van der Waals surface area contributed by atoms with Crippen molar-refractivity contribution >= 4 is 0 Å². The molecule has 0 bridgehead atoms. The van der Waals surface area contributed by atoms with Gasteiger partial charge < -0.3 is 18.9 Å². The van der Waals surface area contributed by atoms with Crippen molar-refractivity contribution in [3.63, 3.8) is 0 Å². The number of benzene rings is 2. The molecule has 0 saturated heterocycles. The molecular formula is C14H10F2O4. The fraction of sp³-hybridized carbons (Fsp3) is 0.143. The predicted molar refractivity (Wildman–Crippen MR) is 65.2 cm³/mol. The van der Waals surface area contributed by atoms with E-state index in [0.717, 1.165) is 11.5 Å². The van der Waals surface area contributed by atoms with Crippen LogP contribution < -0.4 is 18.9 Å². The average Bonchev–Trinajstić information content (AvgIpc) is 3.00. The number of halogens is 2. The molecule has 2 aromatic rings. The van der Waals surface area contributed by atoms with Crippen molar-refractivity contribution < 1.29 is 27.7 Å². The third-order valence-corrected chi connectivity index (χ3v) is 2.58. The molecule has 6 heteroatoms.